The number of ether oxygens (including phenoxy) is 1. The lowest BCUT2D eigenvalue weighted by Gasteiger charge is -2.11. The topological polar surface area (TPSA) is 50.4 Å². The van der Waals surface area contributed by atoms with Gasteiger partial charge in [-0.2, -0.15) is 0 Å². The van der Waals surface area contributed by atoms with Crippen LogP contribution >= 0.6 is 11.6 Å². The third-order valence-electron chi connectivity index (χ3n) is 2.74. The zero-order valence-corrected chi connectivity index (χ0v) is 13.3. The van der Waals surface area contributed by atoms with Crippen LogP contribution in [0.5, 0.6) is 5.75 Å². The van der Waals surface area contributed by atoms with Crippen LogP contribution < -0.4 is 15.4 Å². The molecule has 0 bridgehead atoms. The van der Waals surface area contributed by atoms with E-state index in [1.165, 1.54) is 0 Å². The van der Waals surface area contributed by atoms with Gasteiger partial charge in [0.2, 0.25) is 0 Å². The van der Waals surface area contributed by atoms with Crippen molar-refractivity contribution in [2.24, 2.45) is 5.92 Å². The Kier molecular flexibility index (Phi) is 6.65. The van der Waals surface area contributed by atoms with E-state index in [1.807, 2.05) is 26.0 Å². The van der Waals surface area contributed by atoms with Crippen molar-refractivity contribution >= 4 is 17.6 Å². The maximum Gasteiger partial charge on any atom is 0.314 e. The van der Waals surface area contributed by atoms with Crippen LogP contribution in [0.25, 0.3) is 0 Å². The number of aryl methyl sites for hydroxylation is 2. The molecule has 5 heteroatoms. The van der Waals surface area contributed by atoms with Gasteiger partial charge in [0, 0.05) is 11.6 Å². The molecule has 0 aliphatic carbocycles. The van der Waals surface area contributed by atoms with Gasteiger partial charge in [-0.05, 0) is 43.0 Å². The number of urea groups is 1. The van der Waals surface area contributed by atoms with Gasteiger partial charge in [-0.15, -0.1) is 0 Å². The Morgan fingerprint density at radius 2 is 1.85 bits per heavy atom. The van der Waals surface area contributed by atoms with E-state index in [0.29, 0.717) is 25.6 Å². The second kappa shape index (κ2) is 8.00. The Morgan fingerprint density at radius 1 is 1.25 bits per heavy atom. The summed E-state index contributed by atoms with van der Waals surface area (Å²) in [5.41, 5.74) is 1.98. The molecule has 0 aromatic heterocycles. The minimum Gasteiger partial charge on any atom is -0.492 e. The molecule has 2 N–H and O–H groups in total. The SMILES string of the molecule is Cc1cc(OCCNC(=O)NCC(C)C)cc(C)c1Cl. The van der Waals surface area contributed by atoms with Gasteiger partial charge >= 0.3 is 6.03 Å². The van der Waals surface area contributed by atoms with Crippen molar-refractivity contribution in [1.29, 1.82) is 0 Å². The molecule has 20 heavy (non-hydrogen) atoms. The van der Waals surface area contributed by atoms with Crippen molar-refractivity contribution < 1.29 is 9.53 Å². The number of carbonyl (C=O) groups is 1. The fraction of sp³-hybridized carbons (Fsp3) is 0.533. The Hall–Kier alpha value is -1.42. The van der Waals surface area contributed by atoms with Gasteiger partial charge in [-0.1, -0.05) is 25.4 Å². The number of halogens is 1. The number of hydrogen-bond acceptors (Lipinski definition) is 2. The molecule has 0 saturated carbocycles. The minimum absolute atomic E-state index is 0.161. The normalized spacial score (nSPS) is 10.5. The summed E-state index contributed by atoms with van der Waals surface area (Å²) in [6.07, 6.45) is 0. The third kappa shape index (κ3) is 5.70. The smallest absolute Gasteiger partial charge is 0.314 e. The highest BCUT2D eigenvalue weighted by molar-refractivity contribution is 6.32. The first kappa shape index (κ1) is 16.6. The van der Waals surface area contributed by atoms with Crippen LogP contribution in [0.3, 0.4) is 0 Å². The molecule has 0 spiro atoms. The zero-order valence-electron chi connectivity index (χ0n) is 12.5. The van der Waals surface area contributed by atoms with E-state index in [9.17, 15) is 4.79 Å². The monoisotopic (exact) mass is 298 g/mol. The summed E-state index contributed by atoms with van der Waals surface area (Å²) in [6.45, 7) is 9.55. The van der Waals surface area contributed by atoms with Crippen LogP contribution in [0.1, 0.15) is 25.0 Å². The Labute approximate surface area is 125 Å². The van der Waals surface area contributed by atoms with Gasteiger partial charge in [-0.25, -0.2) is 4.79 Å². The van der Waals surface area contributed by atoms with Crippen molar-refractivity contribution in [3.63, 3.8) is 0 Å². The summed E-state index contributed by atoms with van der Waals surface area (Å²) in [7, 11) is 0. The molecule has 0 saturated heterocycles. The standard InChI is InChI=1S/C15H23ClN2O2/c1-10(2)9-18-15(19)17-5-6-20-13-7-11(3)14(16)12(4)8-13/h7-8,10H,5-6,9H2,1-4H3,(H2,17,18,19). The van der Waals surface area contributed by atoms with Crippen molar-refractivity contribution in [3.05, 3.63) is 28.3 Å². The first-order chi connectivity index (χ1) is 9.40. The van der Waals surface area contributed by atoms with Crippen LogP contribution in [0, 0.1) is 19.8 Å². The second-order valence-corrected chi connectivity index (χ2v) is 5.63. The number of rotatable bonds is 6. The van der Waals surface area contributed by atoms with Crippen LogP contribution in [0.4, 0.5) is 4.79 Å². The van der Waals surface area contributed by atoms with Gasteiger partial charge < -0.3 is 15.4 Å². The molecule has 0 radical (unpaired) electrons. The summed E-state index contributed by atoms with van der Waals surface area (Å²) >= 11 is 6.09. The Morgan fingerprint density at radius 3 is 2.40 bits per heavy atom. The van der Waals surface area contributed by atoms with E-state index in [-0.39, 0.29) is 6.03 Å². The molecule has 4 nitrogen and oxygen atoms in total. The molecule has 1 rings (SSSR count). The highest BCUT2D eigenvalue weighted by Gasteiger charge is 2.04. The largest absolute Gasteiger partial charge is 0.492 e. The Balaban J connectivity index is 2.29. The predicted molar refractivity (Wildman–Crippen MR) is 82.7 cm³/mol. The van der Waals surface area contributed by atoms with E-state index < -0.39 is 0 Å². The molecule has 0 fully saturated rings. The minimum atomic E-state index is -0.161. The average Bonchev–Trinajstić information content (AvgIpc) is 2.38. The van der Waals surface area contributed by atoms with Crippen molar-refractivity contribution in [1.82, 2.24) is 10.6 Å². The lowest BCUT2D eigenvalue weighted by molar-refractivity contribution is 0.235. The number of benzene rings is 1. The van der Waals surface area contributed by atoms with Gasteiger partial charge in [0.25, 0.3) is 0 Å². The molecule has 0 heterocycles. The fourth-order valence-corrected chi connectivity index (χ4v) is 1.79. The molecule has 1 aromatic rings. The molecule has 0 unspecified atom stereocenters. The first-order valence-electron chi connectivity index (χ1n) is 6.81. The van der Waals surface area contributed by atoms with Crippen molar-refractivity contribution in [3.8, 4) is 5.75 Å². The predicted octanol–water partition coefficient (Wildman–Crippen LogP) is 3.29. The summed E-state index contributed by atoms with van der Waals surface area (Å²) in [6, 6.07) is 3.63. The molecular weight excluding hydrogens is 276 g/mol. The third-order valence-corrected chi connectivity index (χ3v) is 3.33. The van der Waals surface area contributed by atoms with Crippen LogP contribution in [0.2, 0.25) is 5.02 Å². The van der Waals surface area contributed by atoms with E-state index in [0.717, 1.165) is 21.9 Å². The van der Waals surface area contributed by atoms with Crippen LogP contribution in [0.15, 0.2) is 12.1 Å². The number of hydrogen-bond donors (Lipinski definition) is 2. The summed E-state index contributed by atoms with van der Waals surface area (Å²) < 4.78 is 5.60. The second-order valence-electron chi connectivity index (χ2n) is 5.25. The molecule has 0 aliphatic rings. The summed E-state index contributed by atoms with van der Waals surface area (Å²) in [5, 5.41) is 6.30. The first-order valence-corrected chi connectivity index (χ1v) is 7.19. The summed E-state index contributed by atoms with van der Waals surface area (Å²) in [4.78, 5) is 11.4. The van der Waals surface area contributed by atoms with Crippen molar-refractivity contribution in [2.45, 2.75) is 27.7 Å². The lowest BCUT2D eigenvalue weighted by Crippen LogP contribution is -2.39. The number of amides is 2. The zero-order chi connectivity index (χ0) is 15.1. The quantitative estimate of drug-likeness (QED) is 0.792. The Bertz CT molecular complexity index is 438. The molecule has 112 valence electrons. The van der Waals surface area contributed by atoms with Gasteiger partial charge in [0.1, 0.15) is 12.4 Å². The molecular formula is C15H23ClN2O2. The number of carbonyl (C=O) groups excluding carboxylic acids is 1. The number of nitrogens with one attached hydrogen (secondary N) is 2. The van der Waals surface area contributed by atoms with Gasteiger partial charge in [-0.3, -0.25) is 0 Å². The highest BCUT2D eigenvalue weighted by Crippen LogP contribution is 2.25. The molecule has 2 amide bonds. The summed E-state index contributed by atoms with van der Waals surface area (Å²) in [5.74, 6) is 1.21. The van der Waals surface area contributed by atoms with Gasteiger partial charge in [0.05, 0.1) is 6.54 Å². The van der Waals surface area contributed by atoms with E-state index in [4.69, 9.17) is 16.3 Å². The lowest BCUT2D eigenvalue weighted by atomic mass is 10.1. The molecule has 0 atom stereocenters. The maximum atomic E-state index is 11.4. The average molecular weight is 299 g/mol. The van der Waals surface area contributed by atoms with E-state index in [2.05, 4.69) is 24.5 Å². The van der Waals surface area contributed by atoms with Crippen LogP contribution in [-0.4, -0.2) is 25.7 Å². The fourth-order valence-electron chi connectivity index (χ4n) is 1.68. The molecule has 0 aliphatic heterocycles. The maximum absolute atomic E-state index is 11.4. The van der Waals surface area contributed by atoms with E-state index >= 15 is 0 Å². The van der Waals surface area contributed by atoms with Crippen LogP contribution in [-0.2, 0) is 0 Å². The van der Waals surface area contributed by atoms with E-state index in [1.54, 1.807) is 0 Å². The molecule has 1 aromatic carbocycles. The van der Waals surface area contributed by atoms with Crippen molar-refractivity contribution in [2.75, 3.05) is 19.7 Å². The highest BCUT2D eigenvalue weighted by atomic mass is 35.5. The van der Waals surface area contributed by atoms with Gasteiger partial charge in [0.15, 0.2) is 0 Å².